The molecule has 0 fully saturated rings. The molecule has 0 aliphatic heterocycles. The lowest BCUT2D eigenvalue weighted by Gasteiger charge is -2.07. The van der Waals surface area contributed by atoms with Crippen LogP contribution in [0.4, 0.5) is 24.9 Å². The van der Waals surface area contributed by atoms with E-state index in [0.29, 0.717) is 0 Å². The Morgan fingerprint density at radius 3 is 2.50 bits per heavy atom. The molecule has 0 amide bonds. The summed E-state index contributed by atoms with van der Waals surface area (Å²) < 4.78 is 40.3. The van der Waals surface area contributed by atoms with Gasteiger partial charge in [0.05, 0.1) is 6.61 Å². The number of hydrogen-bond donors (Lipinski definition) is 2. The number of rotatable bonds is 4. The van der Waals surface area contributed by atoms with Crippen LogP contribution in [0.25, 0.3) is 0 Å². The monoisotopic (exact) mass is 236 g/mol. The zero-order chi connectivity index (χ0) is 12.2. The van der Waals surface area contributed by atoms with Crippen LogP contribution in [0, 0.1) is 0 Å². The van der Waals surface area contributed by atoms with Crippen molar-refractivity contribution in [2.45, 2.75) is 19.0 Å². The van der Waals surface area contributed by atoms with Gasteiger partial charge in [-0.3, -0.25) is 0 Å². The normalized spacial score (nSPS) is 11.4. The minimum atomic E-state index is -4.17. The van der Waals surface area contributed by atoms with E-state index in [4.69, 9.17) is 16.2 Å². The average molecular weight is 236 g/mol. The molecular weight excluding hydrogens is 225 g/mol. The van der Waals surface area contributed by atoms with Crippen LogP contribution in [0.2, 0.25) is 0 Å². The third-order valence-electron chi connectivity index (χ3n) is 1.59. The number of aromatic nitrogens is 2. The van der Waals surface area contributed by atoms with Gasteiger partial charge in [0.15, 0.2) is 0 Å². The molecule has 0 bridgehead atoms. The lowest BCUT2D eigenvalue weighted by Crippen LogP contribution is -2.10. The summed E-state index contributed by atoms with van der Waals surface area (Å²) in [5.41, 5.74) is 10.6. The van der Waals surface area contributed by atoms with E-state index in [1.165, 1.54) is 6.07 Å². The van der Waals surface area contributed by atoms with Crippen LogP contribution >= 0.6 is 0 Å². The van der Waals surface area contributed by atoms with Gasteiger partial charge in [0, 0.05) is 12.5 Å². The van der Waals surface area contributed by atoms with Crippen molar-refractivity contribution in [1.82, 2.24) is 9.97 Å². The van der Waals surface area contributed by atoms with E-state index in [-0.39, 0.29) is 30.7 Å². The SMILES string of the molecule is Nc1cc(OCCCC(F)(F)F)nc(N)n1. The van der Waals surface area contributed by atoms with Crippen molar-refractivity contribution in [2.24, 2.45) is 0 Å². The highest BCUT2D eigenvalue weighted by Crippen LogP contribution is 2.21. The summed E-state index contributed by atoms with van der Waals surface area (Å²) in [6.07, 6.45) is -5.22. The topological polar surface area (TPSA) is 87.0 Å². The molecule has 5 nitrogen and oxygen atoms in total. The van der Waals surface area contributed by atoms with Crippen molar-refractivity contribution in [3.63, 3.8) is 0 Å². The molecule has 0 spiro atoms. The van der Waals surface area contributed by atoms with Gasteiger partial charge in [-0.2, -0.15) is 23.1 Å². The van der Waals surface area contributed by atoms with Crippen LogP contribution in [0.15, 0.2) is 6.07 Å². The minimum absolute atomic E-state index is 0.0761. The van der Waals surface area contributed by atoms with Gasteiger partial charge in [0.25, 0.3) is 0 Å². The Balaban J connectivity index is 2.37. The second-order valence-corrected chi connectivity index (χ2v) is 3.06. The van der Waals surface area contributed by atoms with Gasteiger partial charge in [-0.05, 0) is 6.42 Å². The van der Waals surface area contributed by atoms with E-state index < -0.39 is 12.6 Å². The summed E-state index contributed by atoms with van der Waals surface area (Å²) in [7, 11) is 0. The van der Waals surface area contributed by atoms with Crippen molar-refractivity contribution in [3.05, 3.63) is 6.07 Å². The minimum Gasteiger partial charge on any atom is -0.477 e. The maximum absolute atomic E-state index is 11.8. The zero-order valence-electron chi connectivity index (χ0n) is 8.29. The summed E-state index contributed by atoms with van der Waals surface area (Å²) in [4.78, 5) is 7.24. The first-order chi connectivity index (χ1) is 7.37. The maximum Gasteiger partial charge on any atom is 0.389 e. The van der Waals surface area contributed by atoms with E-state index in [2.05, 4.69) is 9.97 Å². The fraction of sp³-hybridized carbons (Fsp3) is 0.500. The molecule has 0 saturated carbocycles. The number of anilines is 2. The summed E-state index contributed by atoms with van der Waals surface area (Å²) in [6.45, 7) is -0.102. The Hall–Kier alpha value is -1.73. The van der Waals surface area contributed by atoms with Crippen LogP contribution in [0.1, 0.15) is 12.8 Å². The van der Waals surface area contributed by atoms with Gasteiger partial charge in [-0.25, -0.2) is 0 Å². The Labute approximate surface area is 89.6 Å². The van der Waals surface area contributed by atoms with Crippen molar-refractivity contribution in [1.29, 1.82) is 0 Å². The molecule has 0 atom stereocenters. The zero-order valence-corrected chi connectivity index (χ0v) is 8.29. The van der Waals surface area contributed by atoms with E-state index >= 15 is 0 Å². The Bertz CT molecular complexity index is 335. The predicted molar refractivity (Wildman–Crippen MR) is 51.6 cm³/mol. The van der Waals surface area contributed by atoms with Crippen molar-refractivity contribution < 1.29 is 17.9 Å². The first-order valence-electron chi connectivity index (χ1n) is 4.46. The van der Waals surface area contributed by atoms with Crippen molar-refractivity contribution in [2.75, 3.05) is 18.1 Å². The number of nitrogen functional groups attached to an aromatic ring is 2. The molecule has 1 aromatic heterocycles. The molecule has 0 aromatic carbocycles. The summed E-state index contributed by atoms with van der Waals surface area (Å²) in [5, 5.41) is 0. The highest BCUT2D eigenvalue weighted by atomic mass is 19.4. The Kier molecular flexibility index (Phi) is 3.75. The molecule has 1 heterocycles. The molecule has 8 heteroatoms. The summed E-state index contributed by atoms with van der Waals surface area (Å²) in [5.74, 6) is 0.108. The number of ether oxygens (including phenoxy) is 1. The smallest absolute Gasteiger partial charge is 0.389 e. The molecule has 1 rings (SSSR count). The fourth-order valence-electron chi connectivity index (χ4n) is 0.985. The van der Waals surface area contributed by atoms with Crippen LogP contribution in [0.5, 0.6) is 5.88 Å². The van der Waals surface area contributed by atoms with Gasteiger partial charge in [-0.1, -0.05) is 0 Å². The van der Waals surface area contributed by atoms with Crippen LogP contribution in [0.3, 0.4) is 0 Å². The molecule has 0 radical (unpaired) electrons. The molecule has 16 heavy (non-hydrogen) atoms. The number of hydrogen-bond acceptors (Lipinski definition) is 5. The molecule has 0 aliphatic carbocycles. The van der Waals surface area contributed by atoms with Gasteiger partial charge in [0.2, 0.25) is 11.8 Å². The standard InChI is InChI=1S/C8H11F3N4O/c9-8(10,11)2-1-3-16-6-4-5(12)14-7(13)15-6/h4H,1-3H2,(H4,12,13,14,15). The highest BCUT2D eigenvalue weighted by molar-refractivity contribution is 5.38. The second-order valence-electron chi connectivity index (χ2n) is 3.06. The largest absolute Gasteiger partial charge is 0.477 e. The number of alkyl halides is 3. The molecule has 90 valence electrons. The summed E-state index contributed by atoms with van der Waals surface area (Å²) >= 11 is 0. The molecule has 0 aliphatic rings. The van der Waals surface area contributed by atoms with Crippen molar-refractivity contribution >= 4 is 11.8 Å². The van der Waals surface area contributed by atoms with Gasteiger partial charge >= 0.3 is 6.18 Å². The number of halogens is 3. The molecule has 4 N–H and O–H groups in total. The average Bonchev–Trinajstić information content (AvgIpc) is 2.09. The van der Waals surface area contributed by atoms with Crippen LogP contribution < -0.4 is 16.2 Å². The lowest BCUT2D eigenvalue weighted by atomic mass is 10.3. The molecule has 1 aromatic rings. The number of nitrogens with two attached hydrogens (primary N) is 2. The van der Waals surface area contributed by atoms with E-state index in [1.54, 1.807) is 0 Å². The van der Waals surface area contributed by atoms with Gasteiger partial charge in [-0.15, -0.1) is 0 Å². The number of nitrogens with zero attached hydrogens (tertiary/aromatic N) is 2. The van der Waals surface area contributed by atoms with E-state index in [1.807, 2.05) is 0 Å². The molecular formula is C8H11F3N4O. The molecule has 0 unspecified atom stereocenters. The first kappa shape index (κ1) is 12.3. The Morgan fingerprint density at radius 2 is 1.94 bits per heavy atom. The first-order valence-corrected chi connectivity index (χ1v) is 4.46. The third-order valence-corrected chi connectivity index (χ3v) is 1.59. The maximum atomic E-state index is 11.8. The van der Waals surface area contributed by atoms with E-state index in [0.717, 1.165) is 0 Å². The molecule has 0 saturated heterocycles. The Morgan fingerprint density at radius 1 is 1.25 bits per heavy atom. The predicted octanol–water partition coefficient (Wildman–Crippen LogP) is 1.36. The second kappa shape index (κ2) is 4.86. The fourth-order valence-corrected chi connectivity index (χ4v) is 0.985. The highest BCUT2D eigenvalue weighted by Gasteiger charge is 2.26. The van der Waals surface area contributed by atoms with Crippen LogP contribution in [-0.4, -0.2) is 22.8 Å². The van der Waals surface area contributed by atoms with Crippen LogP contribution in [-0.2, 0) is 0 Å². The van der Waals surface area contributed by atoms with E-state index in [9.17, 15) is 13.2 Å². The lowest BCUT2D eigenvalue weighted by molar-refractivity contribution is -0.136. The third kappa shape index (κ3) is 4.67. The quantitative estimate of drug-likeness (QED) is 0.771. The van der Waals surface area contributed by atoms with Gasteiger partial charge < -0.3 is 16.2 Å². The van der Waals surface area contributed by atoms with Crippen molar-refractivity contribution in [3.8, 4) is 5.88 Å². The summed E-state index contributed by atoms with van der Waals surface area (Å²) in [6, 6.07) is 1.30. The van der Waals surface area contributed by atoms with Gasteiger partial charge in [0.1, 0.15) is 5.82 Å².